The van der Waals surface area contributed by atoms with Crippen LogP contribution in [-0.2, 0) is 14.2 Å². The lowest BCUT2D eigenvalue weighted by Crippen LogP contribution is -2.39. The number of aliphatic imine (C=N–C) groups is 1. The summed E-state index contributed by atoms with van der Waals surface area (Å²) in [4.78, 5) is 4.13. The van der Waals surface area contributed by atoms with Gasteiger partial charge in [-0.15, -0.1) is 0 Å². The molecule has 0 radical (unpaired) electrons. The van der Waals surface area contributed by atoms with E-state index >= 15 is 0 Å². The monoisotopic (exact) mass is 289 g/mol. The smallest absolute Gasteiger partial charge is 0.191 e. The fourth-order valence-electron chi connectivity index (χ4n) is 1.45. The average Bonchev–Trinajstić information content (AvgIpc) is 2.47. The van der Waals surface area contributed by atoms with Crippen LogP contribution in [0.5, 0.6) is 0 Å². The normalized spacial score (nSPS) is 11.7. The summed E-state index contributed by atoms with van der Waals surface area (Å²) >= 11 is 0. The Morgan fingerprint density at radius 2 is 1.60 bits per heavy atom. The molecule has 120 valence electrons. The molecule has 6 heteroatoms. The topological polar surface area (TPSA) is 64.1 Å². The van der Waals surface area contributed by atoms with E-state index in [-0.39, 0.29) is 0 Å². The highest BCUT2D eigenvalue weighted by atomic mass is 16.5. The minimum Gasteiger partial charge on any atom is -0.385 e. The summed E-state index contributed by atoms with van der Waals surface area (Å²) in [5.74, 6) is 0.795. The van der Waals surface area contributed by atoms with Gasteiger partial charge in [-0.05, 0) is 12.8 Å². The van der Waals surface area contributed by atoms with Crippen molar-refractivity contribution in [1.29, 1.82) is 0 Å². The van der Waals surface area contributed by atoms with Gasteiger partial charge >= 0.3 is 0 Å². The first-order valence-electron chi connectivity index (χ1n) is 7.44. The molecule has 0 aromatic heterocycles. The first-order chi connectivity index (χ1) is 9.85. The molecule has 0 saturated heterocycles. The second-order valence-corrected chi connectivity index (χ2v) is 4.35. The maximum atomic E-state index is 5.46. The van der Waals surface area contributed by atoms with Gasteiger partial charge in [-0.2, -0.15) is 0 Å². The van der Waals surface area contributed by atoms with E-state index in [4.69, 9.17) is 14.2 Å². The minimum atomic E-state index is 0.644. The van der Waals surface area contributed by atoms with Crippen molar-refractivity contribution in [1.82, 2.24) is 10.6 Å². The van der Waals surface area contributed by atoms with E-state index in [1.807, 2.05) is 0 Å². The van der Waals surface area contributed by atoms with E-state index in [0.717, 1.165) is 45.1 Å². The molecule has 0 aliphatic carbocycles. The number of methoxy groups -OCH3 is 1. The fourth-order valence-corrected chi connectivity index (χ4v) is 1.45. The molecule has 0 heterocycles. The molecule has 0 aliphatic heterocycles. The number of unbranched alkanes of at least 4 members (excludes halogenated alkanes) is 1. The highest BCUT2D eigenvalue weighted by Crippen LogP contribution is 1.87. The fraction of sp³-hybridized carbons (Fsp3) is 0.929. The molecule has 20 heavy (non-hydrogen) atoms. The molecule has 0 amide bonds. The van der Waals surface area contributed by atoms with E-state index in [2.05, 4.69) is 22.5 Å². The molecule has 0 spiro atoms. The standard InChI is InChI=1S/C14H31N3O3/c1-4-5-10-19-12-13-20-11-8-17-14(15-2)16-7-6-9-18-3/h4-13H2,1-3H3,(H2,15,16,17). The minimum absolute atomic E-state index is 0.644. The number of ether oxygens (including phenoxy) is 3. The second kappa shape index (κ2) is 16.2. The lowest BCUT2D eigenvalue weighted by Gasteiger charge is -2.12. The number of hydrogen-bond donors (Lipinski definition) is 2. The van der Waals surface area contributed by atoms with Gasteiger partial charge in [-0.3, -0.25) is 4.99 Å². The maximum absolute atomic E-state index is 5.46. The Morgan fingerprint density at radius 3 is 2.25 bits per heavy atom. The summed E-state index contributed by atoms with van der Waals surface area (Å²) in [7, 11) is 3.46. The number of hydrogen-bond acceptors (Lipinski definition) is 4. The van der Waals surface area contributed by atoms with Gasteiger partial charge in [-0.1, -0.05) is 13.3 Å². The largest absolute Gasteiger partial charge is 0.385 e. The zero-order chi connectivity index (χ0) is 14.9. The molecule has 0 saturated carbocycles. The van der Waals surface area contributed by atoms with Crippen LogP contribution in [0.3, 0.4) is 0 Å². The summed E-state index contributed by atoms with van der Waals surface area (Å²) in [6.45, 7) is 7.28. The van der Waals surface area contributed by atoms with Gasteiger partial charge < -0.3 is 24.8 Å². The molecule has 6 nitrogen and oxygen atoms in total. The van der Waals surface area contributed by atoms with Crippen molar-refractivity contribution in [2.75, 3.05) is 60.3 Å². The molecule has 0 aliphatic rings. The molecule has 0 aromatic rings. The average molecular weight is 289 g/mol. The van der Waals surface area contributed by atoms with Gasteiger partial charge in [0.25, 0.3) is 0 Å². The molecular formula is C14H31N3O3. The summed E-state index contributed by atoms with van der Waals surface area (Å²) < 4.78 is 15.9. The summed E-state index contributed by atoms with van der Waals surface area (Å²) in [6, 6.07) is 0. The molecule has 0 rings (SSSR count). The van der Waals surface area contributed by atoms with Crippen LogP contribution in [-0.4, -0.2) is 66.2 Å². The summed E-state index contributed by atoms with van der Waals surface area (Å²) in [5.41, 5.74) is 0. The third kappa shape index (κ3) is 13.6. The third-order valence-electron chi connectivity index (χ3n) is 2.59. The van der Waals surface area contributed by atoms with Gasteiger partial charge in [-0.25, -0.2) is 0 Å². The van der Waals surface area contributed by atoms with Crippen LogP contribution in [0.25, 0.3) is 0 Å². The molecular weight excluding hydrogens is 258 g/mol. The van der Waals surface area contributed by atoms with Crippen molar-refractivity contribution in [2.24, 2.45) is 4.99 Å². The first-order valence-corrected chi connectivity index (χ1v) is 7.44. The van der Waals surface area contributed by atoms with Gasteiger partial charge in [0.15, 0.2) is 5.96 Å². The van der Waals surface area contributed by atoms with E-state index in [0.29, 0.717) is 19.8 Å². The Kier molecular flexibility index (Phi) is 15.5. The summed E-state index contributed by atoms with van der Waals surface area (Å²) in [6.07, 6.45) is 3.25. The van der Waals surface area contributed by atoms with Crippen molar-refractivity contribution in [3.63, 3.8) is 0 Å². The van der Waals surface area contributed by atoms with Crippen molar-refractivity contribution >= 4 is 5.96 Å². The highest BCUT2D eigenvalue weighted by molar-refractivity contribution is 5.79. The van der Waals surface area contributed by atoms with E-state index in [9.17, 15) is 0 Å². The molecule has 0 fully saturated rings. The van der Waals surface area contributed by atoms with E-state index in [1.165, 1.54) is 6.42 Å². The zero-order valence-electron chi connectivity index (χ0n) is 13.2. The maximum Gasteiger partial charge on any atom is 0.191 e. The molecule has 0 bridgehead atoms. The number of rotatable bonds is 13. The van der Waals surface area contributed by atoms with Crippen molar-refractivity contribution in [2.45, 2.75) is 26.2 Å². The van der Waals surface area contributed by atoms with Crippen molar-refractivity contribution < 1.29 is 14.2 Å². The molecule has 0 aromatic carbocycles. The highest BCUT2D eigenvalue weighted by Gasteiger charge is 1.96. The Morgan fingerprint density at radius 1 is 0.900 bits per heavy atom. The quantitative estimate of drug-likeness (QED) is 0.301. The van der Waals surface area contributed by atoms with Crippen LogP contribution in [0.15, 0.2) is 4.99 Å². The Balaban J connectivity index is 3.30. The van der Waals surface area contributed by atoms with Crippen LogP contribution in [0, 0.1) is 0 Å². The predicted molar refractivity (Wildman–Crippen MR) is 82.4 cm³/mol. The lowest BCUT2D eigenvalue weighted by molar-refractivity contribution is 0.0487. The molecule has 0 unspecified atom stereocenters. The number of guanidine groups is 1. The van der Waals surface area contributed by atoms with Gasteiger partial charge in [0.05, 0.1) is 19.8 Å². The number of nitrogens with zero attached hydrogens (tertiary/aromatic N) is 1. The zero-order valence-corrected chi connectivity index (χ0v) is 13.2. The van der Waals surface area contributed by atoms with Gasteiger partial charge in [0.1, 0.15) is 0 Å². The van der Waals surface area contributed by atoms with Gasteiger partial charge in [0.2, 0.25) is 0 Å². The molecule has 2 N–H and O–H groups in total. The van der Waals surface area contributed by atoms with Crippen LogP contribution in [0.4, 0.5) is 0 Å². The van der Waals surface area contributed by atoms with Crippen LogP contribution < -0.4 is 10.6 Å². The Bertz CT molecular complexity index is 226. The SMILES string of the molecule is CCCCOCCOCCNC(=NC)NCCCOC. The third-order valence-corrected chi connectivity index (χ3v) is 2.59. The van der Waals surface area contributed by atoms with Crippen LogP contribution in [0.1, 0.15) is 26.2 Å². The van der Waals surface area contributed by atoms with Crippen LogP contribution in [0.2, 0.25) is 0 Å². The predicted octanol–water partition coefficient (Wildman–Crippen LogP) is 1.02. The summed E-state index contributed by atoms with van der Waals surface area (Å²) in [5, 5.41) is 6.40. The Hall–Kier alpha value is -0.850. The van der Waals surface area contributed by atoms with E-state index < -0.39 is 0 Å². The first kappa shape index (κ1) is 19.1. The van der Waals surface area contributed by atoms with Crippen molar-refractivity contribution in [3.05, 3.63) is 0 Å². The van der Waals surface area contributed by atoms with Gasteiger partial charge in [0, 0.05) is 40.5 Å². The Labute approximate surface area is 123 Å². The van der Waals surface area contributed by atoms with Crippen molar-refractivity contribution in [3.8, 4) is 0 Å². The number of nitrogens with one attached hydrogen (secondary N) is 2. The molecule has 0 atom stereocenters. The second-order valence-electron chi connectivity index (χ2n) is 4.35. The van der Waals surface area contributed by atoms with Crippen LogP contribution >= 0.6 is 0 Å². The van der Waals surface area contributed by atoms with E-state index in [1.54, 1.807) is 14.2 Å². The lowest BCUT2D eigenvalue weighted by atomic mass is 10.4.